The van der Waals surface area contributed by atoms with Crippen molar-refractivity contribution in [3.05, 3.63) is 12.2 Å². The molecule has 0 aliphatic carbocycles. The molecule has 37 heavy (non-hydrogen) atoms. The predicted molar refractivity (Wildman–Crippen MR) is 168 cm³/mol. The van der Waals surface area contributed by atoms with E-state index in [2.05, 4.69) is 44.9 Å². The van der Waals surface area contributed by atoms with Crippen LogP contribution < -0.4 is 0 Å². The third kappa shape index (κ3) is 23.9. The zero-order chi connectivity index (χ0) is 29.4. The molecule has 0 atom stereocenters. The summed E-state index contributed by atoms with van der Waals surface area (Å²) in [6.45, 7) is 17.3. The first-order chi connectivity index (χ1) is 17.3. The zero-order valence-electron chi connectivity index (χ0n) is 25.1. The lowest BCUT2D eigenvalue weighted by molar-refractivity contribution is -0.138. The summed E-state index contributed by atoms with van der Waals surface area (Å²) in [6.07, 6.45) is 2.92. The van der Waals surface area contributed by atoms with E-state index in [0.717, 1.165) is 62.1 Å². The van der Waals surface area contributed by atoms with Crippen LogP contribution >= 0.6 is 25.3 Å². The Labute approximate surface area is 242 Å². The summed E-state index contributed by atoms with van der Waals surface area (Å²) in [5, 5.41) is 0. The minimum Gasteiger partial charge on any atom is -0.462 e. The van der Waals surface area contributed by atoms with E-state index in [1.54, 1.807) is 35.4 Å². The summed E-state index contributed by atoms with van der Waals surface area (Å²) >= 11 is 8.30. The minimum absolute atomic E-state index is 0.340. The van der Waals surface area contributed by atoms with E-state index < -0.39 is 25.7 Å². The Hall–Kier alpha value is 0.321. The van der Waals surface area contributed by atoms with E-state index in [4.69, 9.17) is 31.3 Å². The smallest absolute Gasteiger partial charge is 0.334 e. The molecule has 0 aromatic heterocycles. The summed E-state index contributed by atoms with van der Waals surface area (Å²) in [5.74, 6) is 1.49. The fourth-order valence-corrected chi connectivity index (χ4v) is 8.93. The summed E-state index contributed by atoms with van der Waals surface area (Å²) in [4.78, 5) is 11.0. The second kappa shape index (κ2) is 25.3. The molecule has 0 fully saturated rings. The van der Waals surface area contributed by atoms with Crippen molar-refractivity contribution in [3.63, 3.8) is 0 Å². The number of ether oxygens (including phenoxy) is 1. The van der Waals surface area contributed by atoms with Crippen LogP contribution in [0.1, 0.15) is 40.0 Å². The Kier molecular flexibility index (Phi) is 28.6. The maximum Gasteiger partial charge on any atom is 0.334 e. The van der Waals surface area contributed by atoms with Gasteiger partial charge in [0.2, 0.25) is 0 Å². The number of hydrogen-bond acceptors (Lipinski definition) is 10. The van der Waals surface area contributed by atoms with Crippen molar-refractivity contribution in [2.24, 2.45) is 0 Å². The van der Waals surface area contributed by atoms with Crippen molar-refractivity contribution in [2.45, 2.75) is 77.8 Å². The normalized spacial score (nSPS) is 11.7. The van der Waals surface area contributed by atoms with E-state index in [9.17, 15) is 4.79 Å². The van der Waals surface area contributed by atoms with Gasteiger partial charge < -0.3 is 31.3 Å². The fourth-order valence-electron chi connectivity index (χ4n) is 2.85. The molecule has 224 valence electrons. The van der Waals surface area contributed by atoms with Gasteiger partial charge in [-0.1, -0.05) is 6.58 Å². The molecule has 0 rings (SSSR count). The highest BCUT2D eigenvalue weighted by Crippen LogP contribution is 2.16. The molecule has 0 bridgehead atoms. The lowest BCUT2D eigenvalue weighted by Crippen LogP contribution is -2.38. The molecular formula is C24H56O8S2Si3. The van der Waals surface area contributed by atoms with Crippen molar-refractivity contribution in [2.75, 3.05) is 59.8 Å². The van der Waals surface area contributed by atoms with Gasteiger partial charge in [0.1, 0.15) is 0 Å². The van der Waals surface area contributed by atoms with Gasteiger partial charge in [0.25, 0.3) is 0 Å². The minimum atomic E-state index is -2.01. The van der Waals surface area contributed by atoms with Crippen LogP contribution in [0.25, 0.3) is 0 Å². The number of carbonyl (C=O) groups excluding carboxylic acids is 1. The van der Waals surface area contributed by atoms with Gasteiger partial charge in [-0.2, -0.15) is 25.3 Å². The second-order valence-corrected chi connectivity index (χ2v) is 20.2. The van der Waals surface area contributed by atoms with Crippen LogP contribution in [0, 0.1) is 0 Å². The molecule has 0 amide bonds. The first-order valence-corrected chi connectivity index (χ1v) is 21.7. The molecule has 0 radical (unpaired) electrons. The lowest BCUT2D eigenvalue weighted by atomic mass is 10.4. The molecule has 8 nitrogen and oxygen atoms in total. The van der Waals surface area contributed by atoms with Gasteiger partial charge in [-0.3, -0.25) is 0 Å². The highest BCUT2D eigenvalue weighted by atomic mass is 32.1. The lowest BCUT2D eigenvalue weighted by Gasteiger charge is -2.25. The summed E-state index contributed by atoms with van der Waals surface area (Å²) in [5.41, 5.74) is 0.425. The molecule has 0 aliphatic heterocycles. The number of rotatable bonds is 19. The molecule has 0 aromatic carbocycles. The number of hydrogen-bond donors (Lipinski definition) is 2. The molecule has 0 N–H and O–H groups in total. The van der Waals surface area contributed by atoms with Crippen molar-refractivity contribution in [3.8, 4) is 0 Å². The van der Waals surface area contributed by atoms with E-state index in [0.29, 0.717) is 12.2 Å². The average Bonchev–Trinajstić information content (AvgIpc) is 2.89. The van der Waals surface area contributed by atoms with Crippen molar-refractivity contribution in [1.82, 2.24) is 0 Å². The molecule has 13 heteroatoms. The maximum atomic E-state index is 11.0. The van der Waals surface area contributed by atoms with E-state index in [1.807, 2.05) is 20.4 Å². The van der Waals surface area contributed by atoms with Crippen LogP contribution in [-0.2, 0) is 36.1 Å². The van der Waals surface area contributed by atoms with Crippen LogP contribution in [-0.4, -0.2) is 91.4 Å². The first-order valence-electron chi connectivity index (χ1n) is 12.8. The molecule has 0 heterocycles. The first kappa shape index (κ1) is 41.8. The Balaban J connectivity index is -0.000000479. The van der Waals surface area contributed by atoms with E-state index >= 15 is 0 Å². The van der Waals surface area contributed by atoms with Crippen molar-refractivity contribution < 1.29 is 36.1 Å². The predicted octanol–water partition coefficient (Wildman–Crippen LogP) is 5.98. The highest BCUT2D eigenvalue weighted by molar-refractivity contribution is 7.80. The Bertz CT molecular complexity index is 560. The van der Waals surface area contributed by atoms with E-state index in [1.165, 1.54) is 0 Å². The maximum absolute atomic E-state index is 11.0. The Morgan fingerprint density at radius 3 is 1.35 bits per heavy atom. The van der Waals surface area contributed by atoms with Crippen LogP contribution in [0.15, 0.2) is 12.2 Å². The molecular weight excluding hydrogens is 565 g/mol. The van der Waals surface area contributed by atoms with Crippen LogP contribution in [0.4, 0.5) is 0 Å². The quantitative estimate of drug-likeness (QED) is 0.0600. The van der Waals surface area contributed by atoms with Gasteiger partial charge in [0.05, 0.1) is 6.61 Å². The highest BCUT2D eigenvalue weighted by Gasteiger charge is 2.30. The molecule has 0 saturated heterocycles. The summed E-state index contributed by atoms with van der Waals surface area (Å²) in [6, 6.07) is 2.89. The summed E-state index contributed by atoms with van der Waals surface area (Å²) < 4.78 is 37.4. The summed E-state index contributed by atoms with van der Waals surface area (Å²) in [7, 11) is 1.13. The molecule has 0 aliphatic rings. The Morgan fingerprint density at radius 1 is 0.703 bits per heavy atom. The third-order valence-electron chi connectivity index (χ3n) is 5.56. The van der Waals surface area contributed by atoms with Gasteiger partial charge in [-0.25, -0.2) is 4.79 Å². The van der Waals surface area contributed by atoms with Crippen LogP contribution in [0.3, 0.4) is 0 Å². The van der Waals surface area contributed by atoms with Crippen LogP contribution in [0.2, 0.25) is 37.8 Å². The SMILES string of the molecule is C=C(C)C(=O)OCCC[Si](C)(OC)OC.CCO[Si](C)(CCCS)OCC.CO[Si](C)(CCCS)OC. The van der Waals surface area contributed by atoms with Gasteiger partial charge in [-0.15, -0.1) is 0 Å². The largest absolute Gasteiger partial charge is 0.462 e. The van der Waals surface area contributed by atoms with E-state index in [-0.39, 0.29) is 5.97 Å². The molecule has 0 saturated carbocycles. The van der Waals surface area contributed by atoms with Crippen molar-refractivity contribution in [1.29, 1.82) is 0 Å². The monoisotopic (exact) mass is 620 g/mol. The number of esters is 1. The van der Waals surface area contributed by atoms with Gasteiger partial charge >= 0.3 is 31.7 Å². The third-order valence-corrected chi connectivity index (χ3v) is 15.2. The number of carbonyl (C=O) groups is 1. The molecule has 0 aromatic rings. The average molecular weight is 621 g/mol. The fraction of sp³-hybridized carbons (Fsp3) is 0.875. The Morgan fingerprint density at radius 2 is 1.05 bits per heavy atom. The van der Waals surface area contributed by atoms with Gasteiger partial charge in [0.15, 0.2) is 0 Å². The topological polar surface area (TPSA) is 81.7 Å². The molecule has 0 unspecified atom stereocenters. The van der Waals surface area contributed by atoms with Gasteiger partial charge in [-0.05, 0) is 89.3 Å². The number of thiol groups is 2. The second-order valence-electron chi connectivity index (χ2n) is 8.76. The van der Waals surface area contributed by atoms with Gasteiger partial charge in [0, 0.05) is 47.2 Å². The zero-order valence-corrected chi connectivity index (χ0v) is 29.9. The standard InChI is InChI=1S/C10H20O4Si.C8H20O2SSi.C6H16O2SSi/c1-9(2)10(11)14-7-6-8-15(5,12-3)13-4;1-4-9-12(3,10-5-2)8-6-7-11;1-7-10(3,8-2)6-4-5-9/h1,6-8H2,2-5H3;11H,4-8H2,1-3H3;9H,4-6H2,1-3H3. The van der Waals surface area contributed by atoms with Crippen LogP contribution in [0.5, 0.6) is 0 Å². The molecule has 0 spiro atoms. The van der Waals surface area contributed by atoms with Crippen molar-refractivity contribution >= 4 is 56.9 Å².